The van der Waals surface area contributed by atoms with Gasteiger partial charge in [0.05, 0.1) is 13.1 Å². The molecule has 0 saturated heterocycles. The lowest BCUT2D eigenvalue weighted by molar-refractivity contribution is -0.139. The first kappa shape index (κ1) is 15.0. The van der Waals surface area contributed by atoms with Crippen molar-refractivity contribution in [2.45, 2.75) is 12.3 Å². The smallest absolute Gasteiger partial charge is 0.384 e. The van der Waals surface area contributed by atoms with Crippen LogP contribution in [0.4, 0.5) is 13.2 Å². The van der Waals surface area contributed by atoms with E-state index in [0.717, 1.165) is 9.85 Å². The molecular weight excluding hydrogens is 409 g/mol. The van der Waals surface area contributed by atoms with Gasteiger partial charge in [0.15, 0.2) is 0 Å². The van der Waals surface area contributed by atoms with Gasteiger partial charge in [-0.15, -0.1) is 11.3 Å². The molecule has 0 saturated carbocycles. The Morgan fingerprint density at radius 1 is 1.11 bits per heavy atom. The number of benzene rings is 1. The highest BCUT2D eigenvalue weighted by molar-refractivity contribution is 9.12. The summed E-state index contributed by atoms with van der Waals surface area (Å²) in [4.78, 5) is 0. The first-order valence-electron chi connectivity index (χ1n) is 5.09. The van der Waals surface area contributed by atoms with Crippen molar-refractivity contribution in [2.24, 2.45) is 0 Å². The van der Waals surface area contributed by atoms with Crippen molar-refractivity contribution in [3.05, 3.63) is 54.6 Å². The molecule has 0 aliphatic carbocycles. The standard InChI is InChI=1S/C12H7Br2F3OS/c13-9-5-7(11(14)19-9)10(18)6-3-1-2-4-8(6)12(15,16)17/h1-5,10,18H. The minimum absolute atomic E-state index is 0.152. The van der Waals surface area contributed by atoms with Gasteiger partial charge in [-0.2, -0.15) is 13.2 Å². The van der Waals surface area contributed by atoms with E-state index in [4.69, 9.17) is 0 Å². The van der Waals surface area contributed by atoms with Crippen LogP contribution >= 0.6 is 43.2 Å². The second kappa shape index (κ2) is 5.55. The number of aliphatic hydroxyl groups is 1. The summed E-state index contributed by atoms with van der Waals surface area (Å²) in [6.07, 6.45) is -5.81. The van der Waals surface area contributed by atoms with Crippen LogP contribution in [-0.2, 0) is 6.18 Å². The van der Waals surface area contributed by atoms with Crippen molar-refractivity contribution >= 4 is 43.2 Å². The molecular formula is C12H7Br2F3OS. The van der Waals surface area contributed by atoms with Gasteiger partial charge < -0.3 is 5.11 Å². The summed E-state index contributed by atoms with van der Waals surface area (Å²) >= 11 is 7.77. The second-order valence-electron chi connectivity index (χ2n) is 3.77. The first-order chi connectivity index (χ1) is 8.80. The molecule has 1 aromatic heterocycles. The van der Waals surface area contributed by atoms with Crippen molar-refractivity contribution in [3.8, 4) is 0 Å². The van der Waals surface area contributed by atoms with Crippen LogP contribution < -0.4 is 0 Å². The molecule has 1 heterocycles. The average Bonchev–Trinajstić information content (AvgIpc) is 2.66. The first-order valence-corrected chi connectivity index (χ1v) is 7.50. The fraction of sp³-hybridized carbons (Fsp3) is 0.167. The Balaban J connectivity index is 2.50. The lowest BCUT2D eigenvalue weighted by atomic mass is 9.98. The number of thiophene rings is 1. The molecule has 1 atom stereocenters. The number of hydrogen-bond acceptors (Lipinski definition) is 2. The zero-order valence-corrected chi connectivity index (χ0v) is 13.2. The monoisotopic (exact) mass is 414 g/mol. The summed E-state index contributed by atoms with van der Waals surface area (Å²) in [5.41, 5.74) is -0.564. The maximum Gasteiger partial charge on any atom is 0.416 e. The van der Waals surface area contributed by atoms with Crippen LogP contribution in [-0.4, -0.2) is 5.11 Å². The Kier molecular flexibility index (Phi) is 4.39. The maximum atomic E-state index is 12.9. The Morgan fingerprint density at radius 2 is 1.74 bits per heavy atom. The van der Waals surface area contributed by atoms with E-state index in [1.165, 1.54) is 29.5 Å². The third-order valence-electron chi connectivity index (χ3n) is 2.54. The number of aliphatic hydroxyl groups excluding tert-OH is 1. The van der Waals surface area contributed by atoms with Gasteiger partial charge in [-0.25, -0.2) is 0 Å². The van der Waals surface area contributed by atoms with Gasteiger partial charge in [0, 0.05) is 5.56 Å². The summed E-state index contributed by atoms with van der Waals surface area (Å²) in [7, 11) is 0. The number of rotatable bonds is 2. The Hall–Kier alpha value is -0.370. The second-order valence-corrected chi connectivity index (χ2v) is 7.52. The van der Waals surface area contributed by atoms with E-state index in [9.17, 15) is 18.3 Å². The minimum Gasteiger partial charge on any atom is -0.384 e. The molecule has 0 aliphatic heterocycles. The van der Waals surface area contributed by atoms with Gasteiger partial charge in [-0.05, 0) is 49.6 Å². The van der Waals surface area contributed by atoms with Crippen LogP contribution in [0.1, 0.15) is 22.8 Å². The van der Waals surface area contributed by atoms with E-state index in [1.54, 1.807) is 6.07 Å². The van der Waals surface area contributed by atoms with E-state index in [-0.39, 0.29) is 5.56 Å². The zero-order chi connectivity index (χ0) is 14.2. The largest absolute Gasteiger partial charge is 0.416 e. The molecule has 7 heteroatoms. The van der Waals surface area contributed by atoms with E-state index >= 15 is 0 Å². The highest BCUT2D eigenvalue weighted by atomic mass is 79.9. The van der Waals surface area contributed by atoms with Gasteiger partial charge in [-0.3, -0.25) is 0 Å². The van der Waals surface area contributed by atoms with E-state index in [0.29, 0.717) is 9.35 Å². The highest BCUT2D eigenvalue weighted by Crippen LogP contribution is 2.41. The zero-order valence-electron chi connectivity index (χ0n) is 9.21. The summed E-state index contributed by atoms with van der Waals surface area (Å²) in [6.45, 7) is 0. The van der Waals surface area contributed by atoms with Crippen molar-refractivity contribution in [1.82, 2.24) is 0 Å². The summed E-state index contributed by atoms with van der Waals surface area (Å²) in [5.74, 6) is 0. The van der Waals surface area contributed by atoms with Gasteiger partial charge in [0.1, 0.15) is 6.10 Å². The highest BCUT2D eigenvalue weighted by Gasteiger charge is 2.35. The molecule has 102 valence electrons. The molecule has 0 spiro atoms. The molecule has 1 aromatic carbocycles. The van der Waals surface area contributed by atoms with E-state index in [1.807, 2.05) is 0 Å². The van der Waals surface area contributed by atoms with Crippen LogP contribution in [0.15, 0.2) is 37.9 Å². The van der Waals surface area contributed by atoms with Gasteiger partial charge in [-0.1, -0.05) is 18.2 Å². The number of halogens is 5. The molecule has 0 bridgehead atoms. The molecule has 1 N–H and O–H groups in total. The lowest BCUT2D eigenvalue weighted by Crippen LogP contribution is -2.12. The molecule has 1 nitrogen and oxygen atoms in total. The number of hydrogen-bond donors (Lipinski definition) is 1. The molecule has 19 heavy (non-hydrogen) atoms. The quantitative estimate of drug-likeness (QED) is 0.698. The SMILES string of the molecule is OC(c1ccccc1C(F)(F)F)c1cc(Br)sc1Br. The topological polar surface area (TPSA) is 20.2 Å². The third-order valence-corrected chi connectivity index (χ3v) is 4.92. The normalized spacial score (nSPS) is 13.6. The predicted octanol–water partition coefficient (Wildman–Crippen LogP) is 5.37. The average molecular weight is 416 g/mol. The lowest BCUT2D eigenvalue weighted by Gasteiger charge is -2.17. The van der Waals surface area contributed by atoms with Crippen molar-refractivity contribution < 1.29 is 18.3 Å². The number of alkyl halides is 3. The Morgan fingerprint density at radius 3 is 2.26 bits per heavy atom. The molecule has 0 radical (unpaired) electrons. The van der Waals surface area contributed by atoms with E-state index < -0.39 is 17.8 Å². The van der Waals surface area contributed by atoms with Crippen molar-refractivity contribution in [2.75, 3.05) is 0 Å². The third kappa shape index (κ3) is 3.21. The minimum atomic E-state index is -4.49. The Bertz CT molecular complexity index is 595. The molecule has 0 fully saturated rings. The van der Waals surface area contributed by atoms with Gasteiger partial charge in [0.25, 0.3) is 0 Å². The van der Waals surface area contributed by atoms with Crippen LogP contribution in [0.3, 0.4) is 0 Å². The molecule has 1 unspecified atom stereocenters. The predicted molar refractivity (Wildman–Crippen MR) is 75.2 cm³/mol. The van der Waals surface area contributed by atoms with Crippen molar-refractivity contribution in [1.29, 1.82) is 0 Å². The fourth-order valence-electron chi connectivity index (χ4n) is 1.70. The van der Waals surface area contributed by atoms with Crippen molar-refractivity contribution in [3.63, 3.8) is 0 Å². The molecule has 2 aromatic rings. The summed E-state index contributed by atoms with van der Waals surface area (Å²) in [6, 6.07) is 6.63. The van der Waals surface area contributed by atoms with Crippen LogP contribution in [0, 0.1) is 0 Å². The van der Waals surface area contributed by atoms with Gasteiger partial charge in [0.2, 0.25) is 0 Å². The molecule has 0 aliphatic rings. The molecule has 2 rings (SSSR count). The maximum absolute atomic E-state index is 12.9. The fourth-order valence-corrected chi connectivity index (χ4v) is 4.58. The Labute approximate surface area is 128 Å². The molecule has 0 amide bonds. The van der Waals surface area contributed by atoms with E-state index in [2.05, 4.69) is 31.9 Å². The van der Waals surface area contributed by atoms with Crippen LogP contribution in [0.5, 0.6) is 0 Å². The van der Waals surface area contributed by atoms with Crippen LogP contribution in [0.25, 0.3) is 0 Å². The van der Waals surface area contributed by atoms with Gasteiger partial charge >= 0.3 is 6.18 Å². The summed E-state index contributed by atoms with van der Waals surface area (Å²) < 4.78 is 40.0. The summed E-state index contributed by atoms with van der Waals surface area (Å²) in [5, 5.41) is 10.2. The van der Waals surface area contributed by atoms with Crippen LogP contribution in [0.2, 0.25) is 0 Å².